The van der Waals surface area contributed by atoms with Crippen LogP contribution in [0.5, 0.6) is 5.75 Å². The monoisotopic (exact) mass is 388 g/mol. The van der Waals surface area contributed by atoms with Gasteiger partial charge in [0.05, 0.1) is 19.1 Å². The minimum Gasteiger partial charge on any atom is -0.497 e. The predicted molar refractivity (Wildman–Crippen MR) is 105 cm³/mol. The Kier molecular flexibility index (Phi) is 5.70. The molecule has 1 aliphatic rings. The van der Waals surface area contributed by atoms with Crippen molar-refractivity contribution >= 4 is 21.6 Å². The Morgan fingerprint density at radius 2 is 1.78 bits per heavy atom. The maximum absolute atomic E-state index is 12.7. The average molecular weight is 388 g/mol. The average Bonchev–Trinajstić information content (AvgIpc) is 2.67. The third kappa shape index (κ3) is 4.60. The number of ether oxygens (including phenoxy) is 1. The van der Waals surface area contributed by atoms with Gasteiger partial charge in [-0.1, -0.05) is 24.3 Å². The molecule has 1 aliphatic heterocycles. The number of fused-ring (bicyclic) bond motifs is 1. The molecule has 0 bridgehead atoms. The molecule has 0 saturated heterocycles. The van der Waals surface area contributed by atoms with E-state index >= 15 is 0 Å². The molecule has 3 rings (SSSR count). The fourth-order valence-corrected chi connectivity index (χ4v) is 4.23. The van der Waals surface area contributed by atoms with Gasteiger partial charge >= 0.3 is 0 Å². The van der Waals surface area contributed by atoms with Gasteiger partial charge in [0.15, 0.2) is 0 Å². The molecule has 1 amide bonds. The van der Waals surface area contributed by atoms with Crippen LogP contribution in [0.3, 0.4) is 0 Å². The maximum atomic E-state index is 12.7. The quantitative estimate of drug-likeness (QED) is 0.762. The van der Waals surface area contributed by atoms with E-state index in [1.807, 2.05) is 18.2 Å². The van der Waals surface area contributed by atoms with E-state index in [-0.39, 0.29) is 18.9 Å². The summed E-state index contributed by atoms with van der Waals surface area (Å²) in [6.45, 7) is 1.36. The Morgan fingerprint density at radius 3 is 2.41 bits per heavy atom. The van der Waals surface area contributed by atoms with E-state index in [1.165, 1.54) is 9.87 Å². The van der Waals surface area contributed by atoms with E-state index in [1.54, 1.807) is 36.3 Å². The van der Waals surface area contributed by atoms with Crippen LogP contribution in [-0.4, -0.2) is 45.7 Å². The molecule has 0 atom stereocenters. The van der Waals surface area contributed by atoms with Gasteiger partial charge in [-0.2, -0.15) is 0 Å². The number of carbonyl (C=O) groups excluding carboxylic acids is 1. The highest BCUT2D eigenvalue weighted by Crippen LogP contribution is 2.23. The minimum absolute atomic E-state index is 0.0355. The summed E-state index contributed by atoms with van der Waals surface area (Å²) in [5.41, 5.74) is 2.96. The molecule has 2 aromatic carbocycles. The second kappa shape index (κ2) is 8.00. The molecular weight excluding hydrogens is 364 g/mol. The number of hydrogen-bond donors (Lipinski definition) is 0. The number of sulfonamides is 1. The van der Waals surface area contributed by atoms with Gasteiger partial charge in [0.1, 0.15) is 5.75 Å². The van der Waals surface area contributed by atoms with Gasteiger partial charge in [0.25, 0.3) is 0 Å². The molecule has 27 heavy (non-hydrogen) atoms. The van der Waals surface area contributed by atoms with Crippen LogP contribution < -0.4 is 9.04 Å². The van der Waals surface area contributed by atoms with E-state index < -0.39 is 10.0 Å². The normalized spacial score (nSPS) is 13.8. The number of nitrogens with zero attached hydrogens (tertiary/aromatic N) is 2. The molecule has 0 spiro atoms. The van der Waals surface area contributed by atoms with Crippen LogP contribution >= 0.6 is 0 Å². The molecular formula is C20H24N2O4S. The van der Waals surface area contributed by atoms with Crippen LogP contribution in [0.4, 0.5) is 5.69 Å². The maximum Gasteiger partial charge on any atom is 0.232 e. The Balaban J connectivity index is 1.67. The molecule has 0 unspecified atom stereocenters. The highest BCUT2D eigenvalue weighted by molar-refractivity contribution is 7.92. The van der Waals surface area contributed by atoms with Crippen LogP contribution in [0.25, 0.3) is 0 Å². The molecule has 2 aromatic rings. The van der Waals surface area contributed by atoms with Crippen LogP contribution in [0.1, 0.15) is 17.5 Å². The first-order chi connectivity index (χ1) is 12.9. The largest absolute Gasteiger partial charge is 0.497 e. The number of carbonyl (C=O) groups is 1. The SMILES string of the molecule is COc1ccc(N(CCC(=O)N2CCc3ccccc3C2)S(C)(=O)=O)cc1. The number of hydrogen-bond acceptors (Lipinski definition) is 4. The van der Waals surface area contributed by atoms with Crippen molar-refractivity contribution in [2.24, 2.45) is 0 Å². The fraction of sp³-hybridized carbons (Fsp3) is 0.350. The molecule has 7 heteroatoms. The Labute approximate surface area is 160 Å². The molecule has 0 aromatic heterocycles. The van der Waals surface area contributed by atoms with Crippen molar-refractivity contribution < 1.29 is 17.9 Å². The summed E-state index contributed by atoms with van der Waals surface area (Å²) in [5, 5.41) is 0. The fourth-order valence-electron chi connectivity index (χ4n) is 3.30. The van der Waals surface area contributed by atoms with Crippen molar-refractivity contribution in [2.75, 3.05) is 30.8 Å². The molecule has 0 radical (unpaired) electrons. The van der Waals surface area contributed by atoms with Gasteiger partial charge in [0.2, 0.25) is 15.9 Å². The molecule has 0 aliphatic carbocycles. The van der Waals surface area contributed by atoms with Crippen molar-refractivity contribution in [1.82, 2.24) is 4.90 Å². The lowest BCUT2D eigenvalue weighted by Gasteiger charge is -2.30. The Bertz CT molecular complexity index is 910. The lowest BCUT2D eigenvalue weighted by atomic mass is 10.00. The highest BCUT2D eigenvalue weighted by atomic mass is 32.2. The smallest absolute Gasteiger partial charge is 0.232 e. The summed E-state index contributed by atoms with van der Waals surface area (Å²) in [6.07, 6.45) is 2.12. The summed E-state index contributed by atoms with van der Waals surface area (Å²) >= 11 is 0. The zero-order valence-electron chi connectivity index (χ0n) is 15.6. The number of amides is 1. The van der Waals surface area contributed by atoms with Crippen molar-refractivity contribution in [1.29, 1.82) is 0 Å². The van der Waals surface area contributed by atoms with Crippen molar-refractivity contribution in [3.63, 3.8) is 0 Å². The van der Waals surface area contributed by atoms with Crippen LogP contribution in [0, 0.1) is 0 Å². The Morgan fingerprint density at radius 1 is 1.11 bits per heavy atom. The van der Waals surface area contributed by atoms with Gasteiger partial charge in [-0.15, -0.1) is 0 Å². The standard InChI is InChI=1S/C20H24N2O4S/c1-26-19-9-7-18(8-10-19)22(27(2,24)25)14-12-20(23)21-13-11-16-5-3-4-6-17(16)15-21/h3-10H,11-15H2,1-2H3. The van der Waals surface area contributed by atoms with E-state index in [4.69, 9.17) is 4.74 Å². The highest BCUT2D eigenvalue weighted by Gasteiger charge is 2.23. The zero-order chi connectivity index (χ0) is 19.4. The number of anilines is 1. The molecule has 6 nitrogen and oxygen atoms in total. The van der Waals surface area contributed by atoms with Gasteiger partial charge in [-0.05, 0) is 41.8 Å². The number of benzene rings is 2. The molecule has 0 saturated carbocycles. The first kappa shape index (κ1) is 19.2. The first-order valence-corrected chi connectivity index (χ1v) is 10.7. The van der Waals surface area contributed by atoms with Crippen LogP contribution in [0.2, 0.25) is 0 Å². The molecule has 0 N–H and O–H groups in total. The van der Waals surface area contributed by atoms with E-state index in [2.05, 4.69) is 6.07 Å². The third-order valence-corrected chi connectivity index (χ3v) is 5.97. The van der Waals surface area contributed by atoms with Crippen molar-refractivity contribution in [3.8, 4) is 5.75 Å². The van der Waals surface area contributed by atoms with Gasteiger partial charge < -0.3 is 9.64 Å². The first-order valence-electron chi connectivity index (χ1n) is 8.85. The van der Waals surface area contributed by atoms with Crippen molar-refractivity contribution in [3.05, 3.63) is 59.7 Å². The lowest BCUT2D eigenvalue weighted by Crippen LogP contribution is -2.39. The predicted octanol–water partition coefficient (Wildman–Crippen LogP) is 2.44. The van der Waals surface area contributed by atoms with Gasteiger partial charge in [-0.25, -0.2) is 8.42 Å². The van der Waals surface area contributed by atoms with Gasteiger partial charge in [-0.3, -0.25) is 9.10 Å². The van der Waals surface area contributed by atoms with Crippen LogP contribution in [0.15, 0.2) is 48.5 Å². The molecule has 1 heterocycles. The Hall–Kier alpha value is -2.54. The second-order valence-corrected chi connectivity index (χ2v) is 8.52. The summed E-state index contributed by atoms with van der Waals surface area (Å²) in [7, 11) is -1.94. The van der Waals surface area contributed by atoms with Crippen molar-refractivity contribution in [2.45, 2.75) is 19.4 Å². The summed E-state index contributed by atoms with van der Waals surface area (Å²) < 4.78 is 30.8. The number of methoxy groups -OCH3 is 1. The minimum atomic E-state index is -3.49. The summed E-state index contributed by atoms with van der Waals surface area (Å²) in [5.74, 6) is 0.613. The third-order valence-electron chi connectivity index (χ3n) is 4.77. The van der Waals surface area contributed by atoms with E-state index in [9.17, 15) is 13.2 Å². The summed E-state index contributed by atoms with van der Waals surface area (Å²) in [4.78, 5) is 14.5. The topological polar surface area (TPSA) is 66.9 Å². The van der Waals surface area contributed by atoms with Gasteiger partial charge in [0, 0.05) is 26.1 Å². The lowest BCUT2D eigenvalue weighted by molar-refractivity contribution is -0.131. The second-order valence-electron chi connectivity index (χ2n) is 6.62. The number of rotatable bonds is 6. The van der Waals surface area contributed by atoms with E-state index in [0.29, 0.717) is 24.5 Å². The molecule has 144 valence electrons. The summed E-state index contributed by atoms with van der Waals surface area (Å²) in [6, 6.07) is 14.9. The molecule has 0 fully saturated rings. The van der Waals surface area contributed by atoms with Crippen LogP contribution in [-0.2, 0) is 27.8 Å². The van der Waals surface area contributed by atoms with E-state index in [0.717, 1.165) is 18.2 Å². The zero-order valence-corrected chi connectivity index (χ0v) is 16.4.